The largest absolute Gasteiger partial charge is 0.455 e. The number of benzene rings is 6. The van der Waals surface area contributed by atoms with E-state index in [1.165, 1.54) is 71.6 Å². The van der Waals surface area contributed by atoms with Gasteiger partial charge in [0.2, 0.25) is 0 Å². The molecule has 0 spiro atoms. The summed E-state index contributed by atoms with van der Waals surface area (Å²) in [6, 6.07) is 42.4. The highest BCUT2D eigenvalue weighted by Gasteiger charge is 2.24. The van der Waals surface area contributed by atoms with Crippen LogP contribution in [0, 0.1) is 5.92 Å². The fraction of sp³-hybridized carbons (Fsp3) is 0.116. The van der Waals surface area contributed by atoms with E-state index in [1.807, 2.05) is 0 Å². The third-order valence-electron chi connectivity index (χ3n) is 10.2. The molecule has 0 bridgehead atoms. The van der Waals surface area contributed by atoms with Gasteiger partial charge in [-0.25, -0.2) is 0 Å². The van der Waals surface area contributed by atoms with Crippen LogP contribution in [0.1, 0.15) is 29.2 Å². The molecule has 1 atom stereocenters. The Labute approximate surface area is 261 Å². The van der Waals surface area contributed by atoms with Gasteiger partial charge < -0.3 is 8.98 Å². The fourth-order valence-electron chi connectivity index (χ4n) is 8.16. The number of nitrogens with zero attached hydrogens (tertiary/aromatic N) is 1. The van der Waals surface area contributed by atoms with Crippen LogP contribution in [0.3, 0.4) is 0 Å². The summed E-state index contributed by atoms with van der Waals surface area (Å²) in [5.74, 6) is 0.528. The van der Waals surface area contributed by atoms with E-state index in [9.17, 15) is 0 Å². The van der Waals surface area contributed by atoms with Crippen molar-refractivity contribution in [2.45, 2.75) is 26.2 Å². The normalized spacial score (nSPS) is 15.5. The Bertz CT molecular complexity index is 2520. The van der Waals surface area contributed by atoms with Crippen LogP contribution in [0.25, 0.3) is 77.8 Å². The molecule has 214 valence electrons. The van der Waals surface area contributed by atoms with E-state index in [2.05, 4.69) is 139 Å². The van der Waals surface area contributed by atoms with E-state index in [0.29, 0.717) is 5.92 Å². The van der Waals surface area contributed by atoms with E-state index < -0.39 is 0 Å². The number of hydrogen-bond acceptors (Lipinski definition) is 1. The molecule has 10 rings (SSSR count). The number of hydrogen-bond donors (Lipinski definition) is 0. The van der Waals surface area contributed by atoms with Crippen molar-refractivity contribution in [2.75, 3.05) is 0 Å². The Morgan fingerprint density at radius 1 is 0.667 bits per heavy atom. The van der Waals surface area contributed by atoms with Crippen LogP contribution in [-0.4, -0.2) is 4.57 Å². The summed E-state index contributed by atoms with van der Waals surface area (Å²) in [5.41, 5.74) is 16.3. The molecular weight excluding hydrogens is 546 g/mol. The minimum atomic E-state index is 0.528. The summed E-state index contributed by atoms with van der Waals surface area (Å²) in [7, 11) is 0. The SMILES string of the molecule is CC1C=Cc2ccc3c4ccccc4n(-c4ccc(-c5cccc6c5oc5ccc7c(c56)-c5ccccc5CC7)cc4)c3c2C1. The van der Waals surface area contributed by atoms with Crippen LogP contribution in [-0.2, 0) is 19.3 Å². The lowest BCUT2D eigenvalue weighted by Crippen LogP contribution is -2.06. The number of fused-ring (bicyclic) bond motifs is 12. The second-order valence-corrected chi connectivity index (χ2v) is 12.9. The van der Waals surface area contributed by atoms with Gasteiger partial charge in [-0.3, -0.25) is 0 Å². The maximum atomic E-state index is 6.70. The zero-order valence-electron chi connectivity index (χ0n) is 25.2. The van der Waals surface area contributed by atoms with Gasteiger partial charge in [-0.15, -0.1) is 0 Å². The summed E-state index contributed by atoms with van der Waals surface area (Å²) in [6.07, 6.45) is 7.85. The highest BCUT2D eigenvalue weighted by Crippen LogP contribution is 2.45. The molecule has 2 nitrogen and oxygen atoms in total. The van der Waals surface area contributed by atoms with Crippen LogP contribution >= 0.6 is 0 Å². The summed E-state index contributed by atoms with van der Waals surface area (Å²) in [4.78, 5) is 0. The van der Waals surface area contributed by atoms with Gasteiger partial charge in [-0.2, -0.15) is 0 Å². The second kappa shape index (κ2) is 9.33. The average Bonchev–Trinajstić information content (AvgIpc) is 3.64. The lowest BCUT2D eigenvalue weighted by atomic mass is 9.83. The molecule has 2 aromatic heterocycles. The van der Waals surface area contributed by atoms with Crippen molar-refractivity contribution in [3.05, 3.63) is 144 Å². The molecule has 2 aliphatic carbocycles. The van der Waals surface area contributed by atoms with Gasteiger partial charge >= 0.3 is 0 Å². The quantitative estimate of drug-likeness (QED) is 0.200. The first-order chi connectivity index (χ1) is 22.2. The average molecular weight is 578 g/mol. The predicted molar refractivity (Wildman–Crippen MR) is 188 cm³/mol. The molecule has 0 N–H and O–H groups in total. The maximum absolute atomic E-state index is 6.70. The first-order valence-corrected chi connectivity index (χ1v) is 16.1. The van der Waals surface area contributed by atoms with Crippen molar-refractivity contribution >= 4 is 49.8 Å². The molecule has 2 aliphatic rings. The third kappa shape index (κ3) is 3.57. The lowest BCUT2D eigenvalue weighted by molar-refractivity contribution is 0.670. The number of aryl methyl sites for hydroxylation is 2. The summed E-state index contributed by atoms with van der Waals surface area (Å²) in [5, 5.41) is 5.06. The maximum Gasteiger partial charge on any atom is 0.143 e. The Morgan fingerprint density at radius 2 is 1.47 bits per heavy atom. The summed E-state index contributed by atoms with van der Waals surface area (Å²) >= 11 is 0. The number of para-hydroxylation sites is 2. The Balaban J connectivity index is 1.16. The molecule has 0 aliphatic heterocycles. The Kier molecular flexibility index (Phi) is 5.19. The first-order valence-electron chi connectivity index (χ1n) is 16.1. The van der Waals surface area contributed by atoms with Crippen LogP contribution < -0.4 is 0 Å². The number of allylic oxidation sites excluding steroid dienone is 1. The molecule has 0 fully saturated rings. The molecule has 0 radical (unpaired) electrons. The van der Waals surface area contributed by atoms with Crippen molar-refractivity contribution < 1.29 is 4.42 Å². The van der Waals surface area contributed by atoms with Crippen molar-refractivity contribution in [2.24, 2.45) is 5.92 Å². The second-order valence-electron chi connectivity index (χ2n) is 12.9. The van der Waals surface area contributed by atoms with Gasteiger partial charge in [0.15, 0.2) is 0 Å². The van der Waals surface area contributed by atoms with Crippen molar-refractivity contribution in [1.82, 2.24) is 4.57 Å². The highest BCUT2D eigenvalue weighted by atomic mass is 16.3. The van der Waals surface area contributed by atoms with Crippen molar-refractivity contribution in [3.8, 4) is 27.9 Å². The van der Waals surface area contributed by atoms with E-state index >= 15 is 0 Å². The first kappa shape index (κ1) is 25.0. The van der Waals surface area contributed by atoms with E-state index in [0.717, 1.165) is 41.6 Å². The van der Waals surface area contributed by atoms with Crippen LogP contribution in [0.15, 0.2) is 126 Å². The number of rotatable bonds is 2. The predicted octanol–water partition coefficient (Wildman–Crippen LogP) is 11.3. The number of aromatic nitrogens is 1. The minimum Gasteiger partial charge on any atom is -0.455 e. The molecule has 45 heavy (non-hydrogen) atoms. The van der Waals surface area contributed by atoms with Gasteiger partial charge in [0.1, 0.15) is 11.2 Å². The minimum absolute atomic E-state index is 0.528. The topological polar surface area (TPSA) is 18.1 Å². The molecule has 1 unspecified atom stereocenters. The van der Waals surface area contributed by atoms with Gasteiger partial charge in [-0.1, -0.05) is 110 Å². The third-order valence-corrected chi connectivity index (χ3v) is 10.2. The van der Waals surface area contributed by atoms with Gasteiger partial charge in [-0.05, 0) is 88.4 Å². The fourth-order valence-corrected chi connectivity index (χ4v) is 8.16. The molecule has 8 aromatic rings. The zero-order valence-corrected chi connectivity index (χ0v) is 25.2. The monoisotopic (exact) mass is 577 g/mol. The molecule has 2 heterocycles. The van der Waals surface area contributed by atoms with Gasteiger partial charge in [0.05, 0.1) is 11.0 Å². The molecule has 0 amide bonds. The Morgan fingerprint density at radius 3 is 2.40 bits per heavy atom. The van der Waals surface area contributed by atoms with Gasteiger partial charge in [0.25, 0.3) is 0 Å². The molecule has 6 aromatic carbocycles. The molecule has 0 saturated heterocycles. The molecule has 2 heteroatoms. The van der Waals surface area contributed by atoms with Gasteiger partial charge in [0, 0.05) is 32.8 Å². The standard InChI is InChI=1S/C43H31NO/c1-26-13-14-29-19-23-35-34-9-4-5-12-38(34)44(42(35)37(29)25-26)31-21-17-28(18-22-31)33-10-6-11-36-41-39(45-43(33)36)24-20-30-16-15-27-7-2-3-8-32(27)40(30)41/h2-14,17-24,26H,15-16,25H2,1H3. The zero-order chi connectivity index (χ0) is 29.6. The smallest absolute Gasteiger partial charge is 0.143 e. The Hall–Kier alpha value is -5.34. The van der Waals surface area contributed by atoms with Crippen LogP contribution in [0.5, 0.6) is 0 Å². The van der Waals surface area contributed by atoms with Crippen molar-refractivity contribution in [3.63, 3.8) is 0 Å². The molecular formula is C43H31NO. The van der Waals surface area contributed by atoms with E-state index in [-0.39, 0.29) is 0 Å². The van der Waals surface area contributed by atoms with E-state index in [4.69, 9.17) is 4.42 Å². The van der Waals surface area contributed by atoms with Crippen LogP contribution in [0.4, 0.5) is 0 Å². The molecule has 0 saturated carbocycles. The lowest BCUT2D eigenvalue weighted by Gasteiger charge is -2.20. The summed E-state index contributed by atoms with van der Waals surface area (Å²) in [6.45, 7) is 2.31. The number of furan rings is 1. The van der Waals surface area contributed by atoms with Crippen molar-refractivity contribution in [1.29, 1.82) is 0 Å². The highest BCUT2D eigenvalue weighted by molar-refractivity contribution is 6.16. The van der Waals surface area contributed by atoms with E-state index in [1.54, 1.807) is 0 Å². The summed E-state index contributed by atoms with van der Waals surface area (Å²) < 4.78 is 9.17. The van der Waals surface area contributed by atoms with Crippen LogP contribution in [0.2, 0.25) is 0 Å².